The van der Waals surface area contributed by atoms with Crippen molar-refractivity contribution in [3.8, 4) is 5.75 Å². The molecule has 1 heterocycles. The van der Waals surface area contributed by atoms with Crippen LogP contribution in [0.1, 0.15) is 28.4 Å². The Morgan fingerprint density at radius 2 is 1.71 bits per heavy atom. The minimum absolute atomic E-state index is 0.102. The molecule has 6 nitrogen and oxygen atoms in total. The first kappa shape index (κ1) is 23.3. The first-order chi connectivity index (χ1) is 16.6. The SMILES string of the molecule is CCN1C(=O)/C(=C/c2ccccc2OCc2ccccc2)SC1=Nc1ccc(C(=O)OC)cc1. The van der Waals surface area contributed by atoms with Gasteiger partial charge in [-0.2, -0.15) is 0 Å². The molecular formula is C27H24N2O4S. The number of carbonyl (C=O) groups is 2. The number of esters is 1. The van der Waals surface area contributed by atoms with Gasteiger partial charge in [0.25, 0.3) is 5.91 Å². The molecule has 0 unspecified atom stereocenters. The largest absolute Gasteiger partial charge is 0.488 e. The highest BCUT2D eigenvalue weighted by molar-refractivity contribution is 8.18. The number of methoxy groups -OCH3 is 1. The summed E-state index contributed by atoms with van der Waals surface area (Å²) in [4.78, 5) is 31.6. The summed E-state index contributed by atoms with van der Waals surface area (Å²) in [6.07, 6.45) is 1.85. The molecule has 0 atom stereocenters. The van der Waals surface area contributed by atoms with Crippen LogP contribution in [0.5, 0.6) is 5.75 Å². The third kappa shape index (κ3) is 5.38. The minimum Gasteiger partial charge on any atom is -0.488 e. The second-order valence-electron chi connectivity index (χ2n) is 7.40. The van der Waals surface area contributed by atoms with Crippen molar-refractivity contribution in [3.05, 3.63) is 100 Å². The molecule has 172 valence electrons. The van der Waals surface area contributed by atoms with E-state index in [9.17, 15) is 9.59 Å². The summed E-state index contributed by atoms with van der Waals surface area (Å²) >= 11 is 1.32. The summed E-state index contributed by atoms with van der Waals surface area (Å²) in [6.45, 7) is 2.85. The first-order valence-corrected chi connectivity index (χ1v) is 11.6. The van der Waals surface area contributed by atoms with E-state index in [1.54, 1.807) is 29.2 Å². The molecule has 0 saturated carbocycles. The number of hydrogen-bond donors (Lipinski definition) is 0. The van der Waals surface area contributed by atoms with Gasteiger partial charge in [0.2, 0.25) is 0 Å². The zero-order valence-corrected chi connectivity index (χ0v) is 19.7. The van der Waals surface area contributed by atoms with Crippen molar-refractivity contribution in [1.82, 2.24) is 4.90 Å². The molecule has 3 aromatic rings. The maximum atomic E-state index is 13.1. The van der Waals surface area contributed by atoms with E-state index in [0.717, 1.165) is 11.1 Å². The summed E-state index contributed by atoms with van der Waals surface area (Å²) in [7, 11) is 1.34. The molecule has 0 aliphatic carbocycles. The number of likely N-dealkylation sites (N-methyl/N-ethyl adjacent to an activating group) is 1. The van der Waals surface area contributed by atoms with E-state index >= 15 is 0 Å². The molecule has 1 aliphatic heterocycles. The lowest BCUT2D eigenvalue weighted by atomic mass is 10.1. The summed E-state index contributed by atoms with van der Waals surface area (Å²) < 4.78 is 10.8. The molecule has 0 N–H and O–H groups in total. The summed E-state index contributed by atoms with van der Waals surface area (Å²) in [6, 6.07) is 24.4. The predicted octanol–water partition coefficient (Wildman–Crippen LogP) is 5.68. The van der Waals surface area contributed by atoms with Crippen molar-refractivity contribution in [3.63, 3.8) is 0 Å². The molecule has 7 heteroatoms. The van der Waals surface area contributed by atoms with Crippen molar-refractivity contribution in [2.45, 2.75) is 13.5 Å². The average Bonchev–Trinajstić information content (AvgIpc) is 3.17. The number of aliphatic imine (C=N–C) groups is 1. The van der Waals surface area contributed by atoms with Crippen LogP contribution in [0.2, 0.25) is 0 Å². The molecular weight excluding hydrogens is 448 g/mol. The third-order valence-electron chi connectivity index (χ3n) is 5.16. The lowest BCUT2D eigenvalue weighted by Crippen LogP contribution is -2.28. The lowest BCUT2D eigenvalue weighted by molar-refractivity contribution is -0.122. The molecule has 34 heavy (non-hydrogen) atoms. The van der Waals surface area contributed by atoms with Gasteiger partial charge < -0.3 is 9.47 Å². The topological polar surface area (TPSA) is 68.2 Å². The number of benzene rings is 3. The van der Waals surface area contributed by atoms with Crippen LogP contribution in [-0.4, -0.2) is 35.6 Å². The van der Waals surface area contributed by atoms with Gasteiger partial charge in [-0.25, -0.2) is 9.79 Å². The van der Waals surface area contributed by atoms with Crippen LogP contribution in [0.4, 0.5) is 5.69 Å². The molecule has 0 radical (unpaired) electrons. The van der Waals surface area contributed by atoms with E-state index in [-0.39, 0.29) is 5.91 Å². The van der Waals surface area contributed by atoms with Gasteiger partial charge in [0, 0.05) is 12.1 Å². The number of ether oxygens (including phenoxy) is 2. The predicted molar refractivity (Wildman–Crippen MR) is 135 cm³/mol. The summed E-state index contributed by atoms with van der Waals surface area (Å²) in [5.74, 6) is 0.201. The highest BCUT2D eigenvalue weighted by atomic mass is 32.2. The van der Waals surface area contributed by atoms with Crippen molar-refractivity contribution >= 4 is 40.6 Å². The minimum atomic E-state index is -0.404. The van der Waals surface area contributed by atoms with Crippen LogP contribution >= 0.6 is 11.8 Å². The zero-order chi connectivity index (χ0) is 23.9. The Morgan fingerprint density at radius 1 is 1.00 bits per heavy atom. The highest BCUT2D eigenvalue weighted by Crippen LogP contribution is 2.35. The van der Waals surface area contributed by atoms with Gasteiger partial charge in [-0.1, -0.05) is 48.5 Å². The molecule has 1 aliphatic rings. The van der Waals surface area contributed by atoms with E-state index in [1.807, 2.05) is 67.6 Å². The standard InChI is InChI=1S/C27H24N2O4S/c1-3-29-25(30)24(34-27(29)28-22-15-13-20(14-16-22)26(31)32-2)17-21-11-7-8-12-23(21)33-18-19-9-5-4-6-10-19/h4-17H,3,18H2,1-2H3/b24-17-,28-27?. The van der Waals surface area contributed by atoms with Crippen LogP contribution in [0.25, 0.3) is 6.08 Å². The smallest absolute Gasteiger partial charge is 0.337 e. The van der Waals surface area contributed by atoms with Crippen molar-refractivity contribution < 1.29 is 19.1 Å². The molecule has 0 spiro atoms. The Morgan fingerprint density at radius 3 is 2.41 bits per heavy atom. The quantitative estimate of drug-likeness (QED) is 0.327. The Hall–Kier alpha value is -3.84. The number of thioether (sulfide) groups is 1. The molecule has 4 rings (SSSR count). The van der Waals surface area contributed by atoms with Crippen LogP contribution in [0, 0.1) is 0 Å². The van der Waals surface area contributed by atoms with E-state index in [2.05, 4.69) is 4.99 Å². The van der Waals surface area contributed by atoms with Crippen LogP contribution < -0.4 is 4.74 Å². The van der Waals surface area contributed by atoms with E-state index in [1.165, 1.54) is 18.9 Å². The van der Waals surface area contributed by atoms with Gasteiger partial charge in [-0.3, -0.25) is 9.69 Å². The van der Waals surface area contributed by atoms with Crippen molar-refractivity contribution in [2.24, 2.45) is 4.99 Å². The van der Waals surface area contributed by atoms with Gasteiger partial charge >= 0.3 is 5.97 Å². The Labute approximate surface area is 202 Å². The van der Waals surface area contributed by atoms with E-state index in [0.29, 0.717) is 40.2 Å². The fourth-order valence-electron chi connectivity index (χ4n) is 3.38. The van der Waals surface area contributed by atoms with Crippen LogP contribution in [-0.2, 0) is 16.1 Å². The number of hydrogen-bond acceptors (Lipinski definition) is 6. The third-order valence-corrected chi connectivity index (χ3v) is 6.17. The van der Waals surface area contributed by atoms with Gasteiger partial charge in [0.15, 0.2) is 5.17 Å². The van der Waals surface area contributed by atoms with Gasteiger partial charge in [-0.05, 0) is 60.7 Å². The molecule has 0 bridgehead atoms. The Kier molecular flexibility index (Phi) is 7.44. The second kappa shape index (κ2) is 10.9. The fraction of sp³-hybridized carbons (Fsp3) is 0.148. The number of amides is 1. The first-order valence-electron chi connectivity index (χ1n) is 10.8. The maximum absolute atomic E-state index is 13.1. The summed E-state index contributed by atoms with van der Waals surface area (Å²) in [5.41, 5.74) is 2.99. The summed E-state index contributed by atoms with van der Waals surface area (Å²) in [5, 5.41) is 0.590. The Balaban J connectivity index is 1.56. The monoisotopic (exact) mass is 472 g/mol. The lowest BCUT2D eigenvalue weighted by Gasteiger charge is -2.12. The van der Waals surface area contributed by atoms with Crippen LogP contribution in [0.3, 0.4) is 0 Å². The van der Waals surface area contributed by atoms with Gasteiger partial charge in [0.1, 0.15) is 12.4 Å². The fourth-order valence-corrected chi connectivity index (χ4v) is 4.43. The Bertz CT molecular complexity index is 1240. The number of rotatable bonds is 7. The highest BCUT2D eigenvalue weighted by Gasteiger charge is 2.32. The molecule has 1 fully saturated rings. The van der Waals surface area contributed by atoms with Gasteiger partial charge in [0.05, 0.1) is 23.3 Å². The zero-order valence-electron chi connectivity index (χ0n) is 18.9. The molecule has 1 saturated heterocycles. The van der Waals surface area contributed by atoms with Crippen molar-refractivity contribution in [1.29, 1.82) is 0 Å². The maximum Gasteiger partial charge on any atom is 0.337 e. The molecule has 1 amide bonds. The van der Waals surface area contributed by atoms with Crippen molar-refractivity contribution in [2.75, 3.05) is 13.7 Å². The molecule has 0 aromatic heterocycles. The van der Waals surface area contributed by atoms with E-state index in [4.69, 9.17) is 9.47 Å². The van der Waals surface area contributed by atoms with E-state index < -0.39 is 5.97 Å². The van der Waals surface area contributed by atoms with Crippen LogP contribution in [0.15, 0.2) is 88.8 Å². The number of para-hydroxylation sites is 1. The van der Waals surface area contributed by atoms with Gasteiger partial charge in [-0.15, -0.1) is 0 Å². The number of amidine groups is 1. The average molecular weight is 473 g/mol. The normalized spacial score (nSPS) is 15.7. The number of carbonyl (C=O) groups excluding carboxylic acids is 2. The number of nitrogens with zero attached hydrogens (tertiary/aromatic N) is 2. The second-order valence-corrected chi connectivity index (χ2v) is 8.41. The molecule has 3 aromatic carbocycles.